The van der Waals surface area contributed by atoms with Crippen LogP contribution in [0.2, 0.25) is 0 Å². The molecule has 0 saturated carbocycles. The normalized spacial score (nSPS) is 14.0. The lowest BCUT2D eigenvalue weighted by molar-refractivity contribution is -0.120. The van der Waals surface area contributed by atoms with E-state index in [1.807, 2.05) is 17.5 Å². The van der Waals surface area contributed by atoms with Gasteiger partial charge in [-0.15, -0.1) is 11.3 Å². The van der Waals surface area contributed by atoms with Gasteiger partial charge in [-0.25, -0.2) is 0 Å². The van der Waals surface area contributed by atoms with Crippen molar-refractivity contribution in [1.29, 1.82) is 5.26 Å². The van der Waals surface area contributed by atoms with Gasteiger partial charge in [0.15, 0.2) is 0 Å². The van der Waals surface area contributed by atoms with E-state index in [-0.39, 0.29) is 25.0 Å². The van der Waals surface area contributed by atoms with E-state index in [4.69, 9.17) is 5.26 Å². The summed E-state index contributed by atoms with van der Waals surface area (Å²) in [6.07, 6.45) is 3.54. The van der Waals surface area contributed by atoms with Gasteiger partial charge in [-0.1, -0.05) is 24.3 Å². The topological polar surface area (TPSA) is 64.9 Å². The van der Waals surface area contributed by atoms with Crippen molar-refractivity contribution in [2.75, 3.05) is 13.1 Å². The fourth-order valence-electron chi connectivity index (χ4n) is 3.00. The Bertz CT molecular complexity index is 718. The second kappa shape index (κ2) is 7.40. The van der Waals surface area contributed by atoms with Gasteiger partial charge in [-0.05, 0) is 47.4 Å². The van der Waals surface area contributed by atoms with Crippen molar-refractivity contribution in [3.05, 3.63) is 57.3 Å². The van der Waals surface area contributed by atoms with E-state index >= 15 is 0 Å². The third-order valence-corrected chi connectivity index (χ3v) is 5.05. The Hall–Kier alpha value is -2.16. The van der Waals surface area contributed by atoms with Crippen LogP contribution in [0, 0.1) is 11.3 Å². The molecule has 1 heterocycles. The van der Waals surface area contributed by atoms with Crippen molar-refractivity contribution in [3.8, 4) is 6.07 Å². The number of fused-ring (bicyclic) bond motifs is 1. The predicted octanol–water partition coefficient (Wildman–Crippen LogP) is 2.56. The van der Waals surface area contributed by atoms with Crippen LogP contribution in [0.5, 0.6) is 0 Å². The highest BCUT2D eigenvalue weighted by atomic mass is 32.1. The number of nitriles is 1. The van der Waals surface area contributed by atoms with Crippen LogP contribution in [0.25, 0.3) is 0 Å². The third kappa shape index (κ3) is 3.79. The quantitative estimate of drug-likeness (QED) is 0.802. The molecule has 1 unspecified atom stereocenters. The Morgan fingerprint density at radius 2 is 2.17 bits per heavy atom. The lowest BCUT2D eigenvalue weighted by Crippen LogP contribution is -2.36. The van der Waals surface area contributed by atoms with Crippen molar-refractivity contribution >= 4 is 17.2 Å². The average molecular weight is 325 g/mol. The van der Waals surface area contributed by atoms with Crippen molar-refractivity contribution in [2.24, 2.45) is 0 Å². The number of rotatable bonds is 6. The van der Waals surface area contributed by atoms with Crippen molar-refractivity contribution in [1.82, 2.24) is 10.6 Å². The summed E-state index contributed by atoms with van der Waals surface area (Å²) in [5.41, 5.74) is 4.08. The molecular weight excluding hydrogens is 306 g/mol. The zero-order valence-electron chi connectivity index (χ0n) is 12.8. The molecule has 1 atom stereocenters. The van der Waals surface area contributed by atoms with Crippen LogP contribution >= 0.6 is 11.3 Å². The molecule has 4 nitrogen and oxygen atoms in total. The van der Waals surface area contributed by atoms with Gasteiger partial charge >= 0.3 is 0 Å². The third-order valence-electron chi connectivity index (χ3n) is 4.11. The average Bonchev–Trinajstić information content (AvgIpc) is 3.24. The molecule has 5 heteroatoms. The van der Waals surface area contributed by atoms with E-state index in [0.29, 0.717) is 0 Å². The monoisotopic (exact) mass is 325 g/mol. The minimum atomic E-state index is -0.158. The number of hydrogen-bond donors (Lipinski definition) is 2. The molecule has 1 aliphatic rings. The largest absolute Gasteiger partial charge is 0.342 e. The molecule has 2 N–H and O–H groups in total. The molecule has 1 aliphatic carbocycles. The van der Waals surface area contributed by atoms with Crippen molar-refractivity contribution in [3.63, 3.8) is 0 Å². The molecule has 0 aliphatic heterocycles. The van der Waals surface area contributed by atoms with Crippen LogP contribution in [-0.4, -0.2) is 19.0 Å². The van der Waals surface area contributed by atoms with Crippen LogP contribution in [0.3, 0.4) is 0 Å². The van der Waals surface area contributed by atoms with E-state index in [2.05, 4.69) is 34.9 Å². The molecule has 0 saturated heterocycles. The van der Waals surface area contributed by atoms with Crippen LogP contribution in [0.4, 0.5) is 0 Å². The first-order valence-electron chi connectivity index (χ1n) is 7.80. The molecule has 1 aromatic carbocycles. The summed E-state index contributed by atoms with van der Waals surface area (Å²) >= 11 is 1.68. The number of nitrogens with zero attached hydrogens (tertiary/aromatic N) is 1. The van der Waals surface area contributed by atoms with E-state index in [9.17, 15) is 4.79 Å². The zero-order valence-corrected chi connectivity index (χ0v) is 13.7. The first-order valence-corrected chi connectivity index (χ1v) is 8.68. The minimum Gasteiger partial charge on any atom is -0.342 e. The first kappa shape index (κ1) is 15.7. The van der Waals surface area contributed by atoms with Gasteiger partial charge in [-0.3, -0.25) is 10.1 Å². The maximum absolute atomic E-state index is 11.8. The maximum atomic E-state index is 11.8. The molecule has 2 aromatic rings. The van der Waals surface area contributed by atoms with Crippen molar-refractivity contribution in [2.45, 2.75) is 25.3 Å². The number of benzene rings is 1. The van der Waals surface area contributed by atoms with E-state index in [1.165, 1.54) is 34.4 Å². The number of aryl methyl sites for hydroxylation is 2. The van der Waals surface area contributed by atoms with Gasteiger partial charge in [0, 0.05) is 4.88 Å². The van der Waals surface area contributed by atoms with Crippen LogP contribution < -0.4 is 10.6 Å². The fraction of sp³-hybridized carbons (Fsp3) is 0.333. The Labute approximate surface area is 140 Å². The highest BCUT2D eigenvalue weighted by Crippen LogP contribution is 2.30. The number of carbonyl (C=O) groups excluding carboxylic acids is 1. The molecule has 1 aromatic heterocycles. The number of nitrogens with one attached hydrogen (secondary N) is 2. The Morgan fingerprint density at radius 3 is 2.96 bits per heavy atom. The number of thiophene rings is 1. The van der Waals surface area contributed by atoms with Gasteiger partial charge in [0.2, 0.25) is 5.91 Å². The molecule has 0 spiro atoms. The number of hydrogen-bond acceptors (Lipinski definition) is 4. The van der Waals surface area contributed by atoms with Crippen LogP contribution in [-0.2, 0) is 17.6 Å². The lowest BCUT2D eigenvalue weighted by Gasteiger charge is -2.19. The highest BCUT2D eigenvalue weighted by Gasteiger charge is 2.19. The highest BCUT2D eigenvalue weighted by molar-refractivity contribution is 7.10. The predicted molar refractivity (Wildman–Crippen MR) is 91.3 cm³/mol. The standard InChI is InChI=1S/C18H19N3OS/c19-8-9-20-17(22)12-21-18(16-5-2-10-23-16)15-7-6-13-3-1-4-14(13)11-15/h2,5-7,10-11,18,21H,1,3-4,9,12H2,(H,20,22). The summed E-state index contributed by atoms with van der Waals surface area (Å²) in [6.45, 7) is 0.240. The maximum Gasteiger partial charge on any atom is 0.234 e. The summed E-state index contributed by atoms with van der Waals surface area (Å²) in [7, 11) is 0. The molecule has 1 amide bonds. The van der Waals surface area contributed by atoms with Gasteiger partial charge < -0.3 is 5.32 Å². The summed E-state index contributed by atoms with van der Waals surface area (Å²) < 4.78 is 0. The summed E-state index contributed by atoms with van der Waals surface area (Å²) in [5.74, 6) is -0.158. The second-order valence-electron chi connectivity index (χ2n) is 5.65. The first-order chi connectivity index (χ1) is 11.3. The van der Waals surface area contributed by atoms with Gasteiger partial charge in [0.05, 0.1) is 18.7 Å². The smallest absolute Gasteiger partial charge is 0.234 e. The van der Waals surface area contributed by atoms with Gasteiger partial charge in [0.1, 0.15) is 6.54 Å². The Morgan fingerprint density at radius 1 is 1.30 bits per heavy atom. The molecule has 3 rings (SSSR count). The van der Waals surface area contributed by atoms with E-state index in [0.717, 1.165) is 6.42 Å². The number of carbonyl (C=O) groups is 1. The van der Waals surface area contributed by atoms with Crippen LogP contribution in [0.1, 0.15) is 34.0 Å². The summed E-state index contributed by atoms with van der Waals surface area (Å²) in [6, 6.07) is 12.7. The molecular formula is C18H19N3OS. The molecule has 0 bridgehead atoms. The fourth-order valence-corrected chi connectivity index (χ4v) is 3.83. The molecule has 0 fully saturated rings. The lowest BCUT2D eigenvalue weighted by atomic mass is 10.00. The SMILES string of the molecule is N#CCNC(=O)CNC(c1ccc2c(c1)CCC2)c1cccs1. The van der Waals surface area contributed by atoms with Crippen molar-refractivity contribution < 1.29 is 4.79 Å². The Kier molecular flexibility index (Phi) is 5.06. The molecule has 118 valence electrons. The summed E-state index contributed by atoms with van der Waals surface area (Å²) in [5, 5.41) is 16.5. The number of amides is 1. The van der Waals surface area contributed by atoms with E-state index in [1.54, 1.807) is 11.3 Å². The Balaban J connectivity index is 1.77. The van der Waals surface area contributed by atoms with Crippen LogP contribution in [0.15, 0.2) is 35.7 Å². The van der Waals surface area contributed by atoms with Gasteiger partial charge in [-0.2, -0.15) is 5.26 Å². The van der Waals surface area contributed by atoms with Gasteiger partial charge in [0.25, 0.3) is 0 Å². The molecule has 0 radical (unpaired) electrons. The molecule has 23 heavy (non-hydrogen) atoms. The minimum absolute atomic E-state index is 0.00809. The summed E-state index contributed by atoms with van der Waals surface area (Å²) in [4.78, 5) is 13.0. The zero-order chi connectivity index (χ0) is 16.1. The second-order valence-corrected chi connectivity index (χ2v) is 6.63. The van der Waals surface area contributed by atoms with E-state index < -0.39 is 0 Å².